The van der Waals surface area contributed by atoms with Crippen LogP contribution in [0.4, 0.5) is 0 Å². The van der Waals surface area contributed by atoms with Gasteiger partial charge in [-0.2, -0.15) is 0 Å². The van der Waals surface area contributed by atoms with E-state index in [1.54, 1.807) is 0 Å². The molecule has 12 rings (SSSR count). The van der Waals surface area contributed by atoms with Crippen LogP contribution >= 0.6 is 0 Å². The number of fused-ring (bicyclic) bond motifs is 6. The first kappa shape index (κ1) is 35.8. The minimum Gasteiger partial charge on any atom is -0.485 e. The standard InChI is InChI=1S/C57H38N4O/c1-4-13-40(14-5-1)46-20-12-21-49-50-35-43(32-34-51(50)61(54(46)49)45-17-8-3-9-18-45)39-25-23-37(24-26-39)38-27-29-42(30-28-38)56-58-55(41-15-6-2-7-16-41)59-57(60-56)44-31-33-48-47-19-10-11-22-52(47)62-53(48)36-44/h1-36,47,52H. The Morgan fingerprint density at radius 1 is 0.403 bits per heavy atom. The third-order valence-electron chi connectivity index (χ3n) is 12.2. The molecule has 0 fully saturated rings. The summed E-state index contributed by atoms with van der Waals surface area (Å²) in [6.45, 7) is 0. The van der Waals surface area contributed by atoms with Crippen molar-refractivity contribution >= 4 is 21.8 Å². The third kappa shape index (κ3) is 6.22. The summed E-state index contributed by atoms with van der Waals surface area (Å²) in [5.74, 6) is 2.97. The lowest BCUT2D eigenvalue weighted by molar-refractivity contribution is 0.269. The summed E-state index contributed by atoms with van der Waals surface area (Å²) in [6.07, 6.45) is 8.48. The Labute approximate surface area is 359 Å². The molecule has 0 saturated carbocycles. The van der Waals surface area contributed by atoms with Crippen LogP contribution in [0.3, 0.4) is 0 Å². The largest absolute Gasteiger partial charge is 0.485 e. The number of rotatable bonds is 7. The lowest BCUT2D eigenvalue weighted by Crippen LogP contribution is -2.15. The highest BCUT2D eigenvalue weighted by Crippen LogP contribution is 2.43. The zero-order valence-corrected chi connectivity index (χ0v) is 33.6. The Hall–Kier alpha value is -8.15. The van der Waals surface area contributed by atoms with Crippen LogP contribution in [-0.4, -0.2) is 25.6 Å². The van der Waals surface area contributed by atoms with Crippen molar-refractivity contribution in [3.05, 3.63) is 224 Å². The monoisotopic (exact) mass is 794 g/mol. The highest BCUT2D eigenvalue weighted by molar-refractivity contribution is 6.14. The molecule has 10 aromatic rings. The molecule has 2 unspecified atom stereocenters. The third-order valence-corrected chi connectivity index (χ3v) is 12.2. The molecule has 0 N–H and O–H groups in total. The van der Waals surface area contributed by atoms with Crippen LogP contribution in [0.2, 0.25) is 0 Å². The van der Waals surface area contributed by atoms with Crippen molar-refractivity contribution in [2.24, 2.45) is 0 Å². The first-order valence-electron chi connectivity index (χ1n) is 21.1. The van der Waals surface area contributed by atoms with Gasteiger partial charge in [0.1, 0.15) is 11.9 Å². The van der Waals surface area contributed by atoms with Gasteiger partial charge in [-0.1, -0.05) is 182 Å². The molecule has 5 nitrogen and oxygen atoms in total. The van der Waals surface area contributed by atoms with Crippen molar-refractivity contribution in [1.82, 2.24) is 19.5 Å². The minimum absolute atomic E-state index is 0.0201. The topological polar surface area (TPSA) is 52.8 Å². The average molecular weight is 795 g/mol. The van der Waals surface area contributed by atoms with Gasteiger partial charge < -0.3 is 9.30 Å². The van der Waals surface area contributed by atoms with Crippen molar-refractivity contribution in [3.63, 3.8) is 0 Å². The highest BCUT2D eigenvalue weighted by atomic mass is 16.5. The summed E-state index contributed by atoms with van der Waals surface area (Å²) in [6, 6.07) is 68.7. The number of allylic oxidation sites excluding steroid dienone is 2. The second-order valence-electron chi connectivity index (χ2n) is 15.9. The van der Waals surface area contributed by atoms with Crippen molar-refractivity contribution < 1.29 is 4.74 Å². The predicted molar refractivity (Wildman–Crippen MR) is 252 cm³/mol. The maximum Gasteiger partial charge on any atom is 0.164 e. The van der Waals surface area contributed by atoms with Crippen molar-refractivity contribution in [3.8, 4) is 79.0 Å². The Morgan fingerprint density at radius 3 is 1.65 bits per heavy atom. The summed E-state index contributed by atoms with van der Waals surface area (Å²) in [4.78, 5) is 15.0. The molecule has 0 radical (unpaired) electrons. The molecule has 1 aliphatic carbocycles. The number of hydrogen-bond donors (Lipinski definition) is 0. The van der Waals surface area contributed by atoms with Crippen LogP contribution in [0.15, 0.2) is 218 Å². The zero-order chi connectivity index (χ0) is 41.0. The summed E-state index contributed by atoms with van der Waals surface area (Å²) in [5.41, 5.74) is 14.5. The quantitative estimate of drug-likeness (QED) is 0.161. The van der Waals surface area contributed by atoms with Crippen LogP contribution in [-0.2, 0) is 0 Å². The van der Waals surface area contributed by atoms with Gasteiger partial charge in [0, 0.05) is 50.2 Å². The van der Waals surface area contributed by atoms with Crippen molar-refractivity contribution in [2.75, 3.05) is 0 Å². The Bertz CT molecular complexity index is 3350. The van der Waals surface area contributed by atoms with E-state index in [0.717, 1.165) is 39.3 Å². The molecule has 3 heterocycles. The molecule has 2 aliphatic rings. The van der Waals surface area contributed by atoms with E-state index in [-0.39, 0.29) is 12.0 Å². The number of hydrogen-bond acceptors (Lipinski definition) is 4. The second-order valence-corrected chi connectivity index (χ2v) is 15.9. The lowest BCUT2D eigenvalue weighted by Gasteiger charge is -2.13. The second kappa shape index (κ2) is 14.8. The molecule has 0 saturated heterocycles. The fraction of sp³-hybridized carbons (Fsp3) is 0.0351. The smallest absolute Gasteiger partial charge is 0.164 e. The predicted octanol–water partition coefficient (Wildman–Crippen LogP) is 13.9. The molecule has 62 heavy (non-hydrogen) atoms. The zero-order valence-electron chi connectivity index (χ0n) is 33.6. The summed E-state index contributed by atoms with van der Waals surface area (Å²) in [7, 11) is 0. The highest BCUT2D eigenvalue weighted by Gasteiger charge is 2.32. The van der Waals surface area contributed by atoms with E-state index in [4.69, 9.17) is 19.7 Å². The van der Waals surface area contributed by atoms with E-state index >= 15 is 0 Å². The summed E-state index contributed by atoms with van der Waals surface area (Å²) in [5, 5.41) is 2.46. The van der Waals surface area contributed by atoms with E-state index in [1.165, 1.54) is 49.6 Å². The van der Waals surface area contributed by atoms with Gasteiger partial charge in [-0.3, -0.25) is 0 Å². The molecule has 1 aliphatic heterocycles. The van der Waals surface area contributed by atoms with Gasteiger partial charge in [-0.15, -0.1) is 0 Å². The Morgan fingerprint density at radius 2 is 0.952 bits per heavy atom. The number of ether oxygens (including phenoxy) is 1. The van der Waals surface area contributed by atoms with Crippen molar-refractivity contribution in [2.45, 2.75) is 12.0 Å². The molecule has 0 bridgehead atoms. The van der Waals surface area contributed by atoms with E-state index in [1.807, 2.05) is 36.4 Å². The maximum absolute atomic E-state index is 6.35. The molecular weight excluding hydrogens is 757 g/mol. The van der Waals surface area contributed by atoms with Gasteiger partial charge in [-0.05, 0) is 64.2 Å². The van der Waals surface area contributed by atoms with E-state index in [2.05, 4.69) is 187 Å². The normalized spacial score (nSPS) is 15.1. The Balaban J connectivity index is 0.870. The van der Waals surface area contributed by atoms with E-state index in [0.29, 0.717) is 17.5 Å². The molecular formula is C57H38N4O. The molecule has 0 amide bonds. The van der Waals surface area contributed by atoms with Crippen LogP contribution < -0.4 is 4.74 Å². The lowest BCUT2D eigenvalue weighted by atomic mass is 9.91. The van der Waals surface area contributed by atoms with Crippen LogP contribution in [0, 0.1) is 0 Å². The number of nitrogens with zero attached hydrogens (tertiary/aromatic N) is 4. The van der Waals surface area contributed by atoms with Gasteiger partial charge in [-0.25, -0.2) is 15.0 Å². The SMILES string of the molecule is C1=CC2Oc3cc(-c4nc(-c5ccccc5)nc(-c5ccc(-c6ccc(-c7ccc8c(c7)c7cccc(-c9ccccc9)c7n8-c7ccccc7)cc6)cc5)n4)ccc3C2C=C1. The molecule has 2 aromatic heterocycles. The molecule has 2 atom stereocenters. The van der Waals surface area contributed by atoms with Gasteiger partial charge >= 0.3 is 0 Å². The number of benzene rings is 8. The molecule has 292 valence electrons. The number of para-hydroxylation sites is 2. The van der Waals surface area contributed by atoms with Gasteiger partial charge in [0.25, 0.3) is 0 Å². The fourth-order valence-corrected chi connectivity index (χ4v) is 9.14. The summed E-state index contributed by atoms with van der Waals surface area (Å²) < 4.78 is 8.76. The maximum atomic E-state index is 6.35. The minimum atomic E-state index is 0.0201. The van der Waals surface area contributed by atoms with Crippen LogP contribution in [0.25, 0.3) is 95.0 Å². The van der Waals surface area contributed by atoms with Gasteiger partial charge in [0.15, 0.2) is 17.5 Å². The van der Waals surface area contributed by atoms with Crippen LogP contribution in [0.1, 0.15) is 11.5 Å². The summed E-state index contributed by atoms with van der Waals surface area (Å²) >= 11 is 0. The van der Waals surface area contributed by atoms with Gasteiger partial charge in [0.05, 0.1) is 11.0 Å². The average Bonchev–Trinajstić information content (AvgIpc) is 3.90. The molecule has 0 spiro atoms. The van der Waals surface area contributed by atoms with E-state index in [9.17, 15) is 0 Å². The van der Waals surface area contributed by atoms with E-state index < -0.39 is 0 Å². The first-order valence-corrected chi connectivity index (χ1v) is 21.1. The number of aromatic nitrogens is 4. The Kier molecular flexibility index (Phi) is 8.56. The fourth-order valence-electron chi connectivity index (χ4n) is 9.14. The van der Waals surface area contributed by atoms with Gasteiger partial charge in [0.2, 0.25) is 0 Å². The molecule has 5 heteroatoms. The molecule has 8 aromatic carbocycles. The van der Waals surface area contributed by atoms with Crippen molar-refractivity contribution in [1.29, 1.82) is 0 Å². The van der Waals surface area contributed by atoms with Crippen LogP contribution in [0.5, 0.6) is 5.75 Å². The first-order chi connectivity index (χ1) is 30.7.